The highest BCUT2D eigenvalue weighted by molar-refractivity contribution is 7.81. The van der Waals surface area contributed by atoms with E-state index >= 15 is 0 Å². The van der Waals surface area contributed by atoms with Gasteiger partial charge in [-0.25, -0.2) is 9.59 Å². The first-order valence-electron chi connectivity index (χ1n) is 6.29. The van der Waals surface area contributed by atoms with Crippen molar-refractivity contribution in [1.29, 1.82) is 0 Å². The maximum atomic E-state index is 12.3. The van der Waals surface area contributed by atoms with Crippen LogP contribution in [0.4, 0.5) is 5.69 Å². The van der Waals surface area contributed by atoms with Gasteiger partial charge in [0.15, 0.2) is 0 Å². The molecular formula is C15H8ClNO4S. The van der Waals surface area contributed by atoms with Gasteiger partial charge >= 0.3 is 11.9 Å². The first-order valence-corrected chi connectivity index (χ1v) is 7.07. The molecule has 2 aliphatic rings. The van der Waals surface area contributed by atoms with Gasteiger partial charge in [-0.1, -0.05) is 36.0 Å². The average Bonchev–Trinajstić information content (AvgIpc) is 2.77. The number of allylic oxidation sites excluding steroid dienone is 3. The second-order valence-corrected chi connectivity index (χ2v) is 5.56. The summed E-state index contributed by atoms with van der Waals surface area (Å²) >= 11 is 11.0. The zero-order valence-corrected chi connectivity index (χ0v) is 12.6. The number of amides is 1. The second kappa shape index (κ2) is 5.47. The maximum absolute atomic E-state index is 12.3. The number of rotatable bonds is 2. The first-order chi connectivity index (χ1) is 10.5. The Morgan fingerprint density at radius 1 is 1.27 bits per heavy atom. The molecule has 1 aliphatic carbocycles. The Morgan fingerprint density at radius 3 is 2.82 bits per heavy atom. The highest BCUT2D eigenvalue weighted by Crippen LogP contribution is 2.28. The number of carbonyl (C=O) groups is 3. The Hall–Kier alpha value is -2.31. The number of esters is 2. The number of halogens is 1. The molecule has 1 N–H and O–H groups in total. The lowest BCUT2D eigenvalue weighted by atomic mass is 10.0. The summed E-state index contributed by atoms with van der Waals surface area (Å²) in [5, 5.41) is 3.00. The van der Waals surface area contributed by atoms with Crippen LogP contribution in [0.25, 0.3) is 0 Å². The number of hydrogen-bond acceptors (Lipinski definition) is 5. The van der Waals surface area contributed by atoms with Gasteiger partial charge in [-0.2, -0.15) is 0 Å². The lowest BCUT2D eigenvalue weighted by molar-refractivity contribution is -0.112. The highest BCUT2D eigenvalue weighted by Gasteiger charge is 2.33. The van der Waals surface area contributed by atoms with Gasteiger partial charge < -0.3 is 10.1 Å². The molecule has 0 bridgehead atoms. The molecule has 1 aromatic rings. The summed E-state index contributed by atoms with van der Waals surface area (Å²) in [5.74, 6) is -2.00. The van der Waals surface area contributed by atoms with Crippen LogP contribution in [0.3, 0.4) is 0 Å². The second-order valence-electron chi connectivity index (χ2n) is 4.63. The quantitative estimate of drug-likeness (QED) is 0.512. The maximum Gasteiger partial charge on any atom is 0.349 e. The zero-order chi connectivity index (χ0) is 15.9. The standard InChI is InChI=1S/C15H8ClNO4S/c16-7-4-5-11(22)9(6-7)13(18)17-10-3-1-2-8-12(10)15(20)21-14(8)19/h1-4,6H,5H2,(H,17,18). The molecule has 0 radical (unpaired) electrons. The molecule has 1 heterocycles. The monoisotopic (exact) mass is 333 g/mol. The van der Waals surface area contributed by atoms with Crippen LogP contribution in [0.15, 0.2) is 41.0 Å². The van der Waals surface area contributed by atoms with E-state index < -0.39 is 17.8 Å². The summed E-state index contributed by atoms with van der Waals surface area (Å²) in [7, 11) is 0. The van der Waals surface area contributed by atoms with Gasteiger partial charge in [0, 0.05) is 16.3 Å². The number of cyclic esters (lactones) is 2. The van der Waals surface area contributed by atoms with Crippen LogP contribution >= 0.6 is 23.8 Å². The van der Waals surface area contributed by atoms with E-state index in [1.165, 1.54) is 18.2 Å². The molecule has 0 saturated carbocycles. The number of anilines is 1. The van der Waals surface area contributed by atoms with E-state index in [0.29, 0.717) is 16.3 Å². The van der Waals surface area contributed by atoms with Gasteiger partial charge in [0.05, 0.1) is 22.4 Å². The van der Waals surface area contributed by atoms with Crippen LogP contribution in [0, 0.1) is 0 Å². The van der Waals surface area contributed by atoms with Crippen molar-refractivity contribution in [2.75, 3.05) is 5.32 Å². The van der Waals surface area contributed by atoms with Crippen molar-refractivity contribution in [2.24, 2.45) is 0 Å². The fourth-order valence-corrected chi connectivity index (χ4v) is 2.62. The van der Waals surface area contributed by atoms with E-state index in [4.69, 9.17) is 23.8 Å². The number of nitrogens with one attached hydrogen (secondary N) is 1. The number of carbonyl (C=O) groups excluding carboxylic acids is 3. The molecule has 7 heteroatoms. The molecule has 1 aromatic carbocycles. The fraction of sp³-hybridized carbons (Fsp3) is 0.0667. The Kier molecular flexibility index (Phi) is 3.64. The first kappa shape index (κ1) is 14.6. The van der Waals surface area contributed by atoms with Crippen LogP contribution in [0.5, 0.6) is 0 Å². The van der Waals surface area contributed by atoms with Crippen molar-refractivity contribution in [3.05, 3.63) is 52.1 Å². The lowest BCUT2D eigenvalue weighted by Gasteiger charge is -2.13. The summed E-state index contributed by atoms with van der Waals surface area (Å²) in [6, 6.07) is 4.53. The van der Waals surface area contributed by atoms with Crippen molar-refractivity contribution in [3.63, 3.8) is 0 Å². The Bertz CT molecular complexity index is 810. The van der Waals surface area contributed by atoms with Gasteiger partial charge in [0.1, 0.15) is 0 Å². The number of hydrogen-bond donors (Lipinski definition) is 1. The molecular weight excluding hydrogens is 326 g/mol. The number of thiocarbonyl (C=S) groups is 1. The van der Waals surface area contributed by atoms with Gasteiger partial charge in [0.25, 0.3) is 5.91 Å². The predicted octanol–water partition coefficient (Wildman–Crippen LogP) is 2.76. The molecule has 0 spiro atoms. The van der Waals surface area contributed by atoms with E-state index in [2.05, 4.69) is 10.1 Å². The third kappa shape index (κ3) is 2.47. The third-order valence-corrected chi connectivity index (χ3v) is 3.88. The lowest BCUT2D eigenvalue weighted by Crippen LogP contribution is -2.22. The van der Waals surface area contributed by atoms with E-state index in [9.17, 15) is 14.4 Å². The topological polar surface area (TPSA) is 72.5 Å². The van der Waals surface area contributed by atoms with Crippen LogP contribution in [-0.4, -0.2) is 22.7 Å². The van der Waals surface area contributed by atoms with E-state index in [-0.39, 0.29) is 22.4 Å². The van der Waals surface area contributed by atoms with E-state index in [1.54, 1.807) is 12.1 Å². The molecule has 0 unspecified atom stereocenters. The van der Waals surface area contributed by atoms with Gasteiger partial charge in [-0.15, -0.1) is 0 Å². The summed E-state index contributed by atoms with van der Waals surface area (Å²) in [5.41, 5.74) is 0.635. The summed E-state index contributed by atoms with van der Waals surface area (Å²) < 4.78 is 4.54. The highest BCUT2D eigenvalue weighted by atomic mass is 35.5. The van der Waals surface area contributed by atoms with Gasteiger partial charge in [0.2, 0.25) is 0 Å². The summed E-state index contributed by atoms with van der Waals surface area (Å²) in [4.78, 5) is 36.0. The molecule has 3 rings (SSSR count). The van der Waals surface area contributed by atoms with Crippen molar-refractivity contribution in [1.82, 2.24) is 0 Å². The molecule has 0 fully saturated rings. The minimum absolute atomic E-state index is 0.0461. The smallest absolute Gasteiger partial charge is 0.349 e. The van der Waals surface area contributed by atoms with Crippen LogP contribution in [0.2, 0.25) is 0 Å². The van der Waals surface area contributed by atoms with Crippen molar-refractivity contribution < 1.29 is 19.1 Å². The van der Waals surface area contributed by atoms with Gasteiger partial charge in [-0.3, -0.25) is 4.79 Å². The Morgan fingerprint density at radius 2 is 2.05 bits per heavy atom. The molecule has 0 aromatic heterocycles. The zero-order valence-electron chi connectivity index (χ0n) is 11.0. The number of ether oxygens (including phenoxy) is 1. The molecule has 1 amide bonds. The molecule has 5 nitrogen and oxygen atoms in total. The van der Waals surface area contributed by atoms with Crippen LogP contribution in [0.1, 0.15) is 27.1 Å². The normalized spacial score (nSPS) is 16.7. The molecule has 0 saturated heterocycles. The molecule has 0 atom stereocenters. The Labute approximate surface area is 135 Å². The number of fused-ring (bicyclic) bond motifs is 1. The van der Waals surface area contributed by atoms with Crippen molar-refractivity contribution in [2.45, 2.75) is 6.42 Å². The average molecular weight is 334 g/mol. The Balaban J connectivity index is 1.94. The van der Waals surface area contributed by atoms with Crippen molar-refractivity contribution >= 4 is 52.2 Å². The molecule has 1 aliphatic heterocycles. The van der Waals surface area contributed by atoms with Crippen LogP contribution < -0.4 is 5.32 Å². The summed E-state index contributed by atoms with van der Waals surface area (Å²) in [6.07, 6.45) is 3.58. The number of benzene rings is 1. The largest absolute Gasteiger partial charge is 0.386 e. The molecule has 22 heavy (non-hydrogen) atoms. The summed E-state index contributed by atoms with van der Waals surface area (Å²) in [6.45, 7) is 0. The third-order valence-electron chi connectivity index (χ3n) is 3.23. The molecule has 110 valence electrons. The van der Waals surface area contributed by atoms with Crippen molar-refractivity contribution in [3.8, 4) is 0 Å². The van der Waals surface area contributed by atoms with E-state index in [1.807, 2.05) is 0 Å². The van der Waals surface area contributed by atoms with E-state index in [0.717, 1.165) is 0 Å². The minimum atomic E-state index is -0.783. The van der Waals surface area contributed by atoms with Gasteiger partial charge in [-0.05, 0) is 18.2 Å². The predicted molar refractivity (Wildman–Crippen MR) is 84.1 cm³/mol. The van der Waals surface area contributed by atoms with Crippen LogP contribution in [-0.2, 0) is 9.53 Å². The SMILES string of the molecule is O=C(Nc1cccc2c1C(=O)OC2=O)C1=CC(Cl)=CCC1=S. The fourth-order valence-electron chi connectivity index (χ4n) is 2.20. The minimum Gasteiger partial charge on any atom is -0.386 e.